The fourth-order valence-electron chi connectivity index (χ4n) is 2.14. The maximum atomic E-state index is 12.3. The number of aliphatic hydroxyl groups excluding tert-OH is 1. The average Bonchev–Trinajstić information content (AvgIpc) is 2.94. The molecule has 6 nitrogen and oxygen atoms in total. The van der Waals surface area contributed by atoms with E-state index in [1.807, 2.05) is 30.3 Å². The number of hydrogen-bond acceptors (Lipinski definition) is 4. The molecule has 6 heteroatoms. The molecule has 2 N–H and O–H groups in total. The molecule has 0 aliphatic carbocycles. The van der Waals surface area contributed by atoms with Crippen molar-refractivity contribution < 1.29 is 9.90 Å². The van der Waals surface area contributed by atoms with Gasteiger partial charge in [0.1, 0.15) is 5.69 Å². The number of anilines is 1. The molecule has 1 aromatic carbocycles. The van der Waals surface area contributed by atoms with Crippen molar-refractivity contribution in [3.63, 3.8) is 0 Å². The van der Waals surface area contributed by atoms with E-state index in [4.69, 9.17) is 5.11 Å². The summed E-state index contributed by atoms with van der Waals surface area (Å²) in [6.45, 7) is 0.391. The highest BCUT2D eigenvalue weighted by Crippen LogP contribution is 2.17. The minimum atomic E-state index is -0.282. The van der Waals surface area contributed by atoms with Crippen LogP contribution >= 0.6 is 0 Å². The number of carbonyl (C=O) groups is 1. The topological polar surface area (TPSA) is 80.0 Å². The maximum absolute atomic E-state index is 12.3. The molecule has 0 bridgehead atoms. The normalized spacial score (nSPS) is 10.7. The van der Waals surface area contributed by atoms with Gasteiger partial charge in [0, 0.05) is 17.8 Å². The Morgan fingerprint density at radius 1 is 1.29 bits per heavy atom. The molecule has 0 atom stereocenters. The Labute approximate surface area is 121 Å². The van der Waals surface area contributed by atoms with Crippen LogP contribution in [0, 0.1) is 0 Å². The second-order valence-corrected chi connectivity index (χ2v) is 4.55. The van der Waals surface area contributed by atoms with Crippen LogP contribution in [0.3, 0.4) is 0 Å². The Hall–Kier alpha value is -2.73. The molecule has 2 heterocycles. The van der Waals surface area contributed by atoms with Crippen LogP contribution in [0.2, 0.25) is 0 Å². The summed E-state index contributed by atoms with van der Waals surface area (Å²) < 4.78 is 1.56. The number of nitrogens with one attached hydrogen (secondary N) is 1. The average molecular weight is 282 g/mol. The van der Waals surface area contributed by atoms with Crippen molar-refractivity contribution in [3.05, 3.63) is 54.6 Å². The lowest BCUT2D eigenvalue weighted by atomic mass is 10.1. The molecule has 0 aliphatic heterocycles. The number of pyridine rings is 1. The fraction of sp³-hybridized carbons (Fsp3) is 0.133. The fourth-order valence-corrected chi connectivity index (χ4v) is 2.14. The Bertz CT molecular complexity index is 777. The zero-order chi connectivity index (χ0) is 14.7. The molecule has 3 aromatic rings. The summed E-state index contributed by atoms with van der Waals surface area (Å²) in [7, 11) is 0. The number of carbonyl (C=O) groups excluding carboxylic acids is 1. The van der Waals surface area contributed by atoms with Crippen molar-refractivity contribution in [3.8, 4) is 0 Å². The molecule has 21 heavy (non-hydrogen) atoms. The predicted molar refractivity (Wildman–Crippen MR) is 79.0 cm³/mol. The molecule has 0 aliphatic rings. The van der Waals surface area contributed by atoms with Gasteiger partial charge in [-0.15, -0.1) is 0 Å². The van der Waals surface area contributed by atoms with E-state index in [-0.39, 0.29) is 12.5 Å². The van der Waals surface area contributed by atoms with Crippen molar-refractivity contribution in [2.75, 3.05) is 11.9 Å². The highest BCUT2D eigenvalue weighted by Gasteiger charge is 2.12. The number of aliphatic hydroxyl groups is 1. The van der Waals surface area contributed by atoms with Crippen LogP contribution in [0.1, 0.15) is 10.5 Å². The molecule has 0 saturated carbocycles. The number of amides is 1. The van der Waals surface area contributed by atoms with E-state index in [9.17, 15) is 4.79 Å². The molecule has 0 unspecified atom stereocenters. The maximum Gasteiger partial charge on any atom is 0.274 e. The first-order chi connectivity index (χ1) is 10.3. The summed E-state index contributed by atoms with van der Waals surface area (Å²) in [4.78, 5) is 16.5. The van der Waals surface area contributed by atoms with E-state index in [0.717, 1.165) is 10.8 Å². The summed E-state index contributed by atoms with van der Waals surface area (Å²) >= 11 is 0. The predicted octanol–water partition coefficient (Wildman–Crippen LogP) is 1.68. The number of benzene rings is 1. The standard InChI is InChI=1S/C15H14N4O2/c20-8-7-19-10-12(9-17-19)18-15(21)14-13-4-2-1-3-11(13)5-6-16-14/h1-6,9-10,20H,7-8H2,(H,18,21). The molecule has 0 radical (unpaired) electrons. The zero-order valence-corrected chi connectivity index (χ0v) is 11.2. The lowest BCUT2D eigenvalue weighted by molar-refractivity contribution is 0.102. The van der Waals surface area contributed by atoms with Gasteiger partial charge in [0.25, 0.3) is 5.91 Å². The Morgan fingerprint density at radius 2 is 2.14 bits per heavy atom. The highest BCUT2D eigenvalue weighted by molar-refractivity contribution is 6.11. The van der Waals surface area contributed by atoms with Gasteiger partial charge >= 0.3 is 0 Å². The third-order valence-electron chi connectivity index (χ3n) is 3.11. The van der Waals surface area contributed by atoms with Gasteiger partial charge in [-0.25, -0.2) is 0 Å². The smallest absolute Gasteiger partial charge is 0.274 e. The van der Waals surface area contributed by atoms with Crippen LogP contribution in [0.5, 0.6) is 0 Å². The summed E-state index contributed by atoms with van der Waals surface area (Å²) in [5.74, 6) is -0.282. The van der Waals surface area contributed by atoms with Gasteiger partial charge in [-0.05, 0) is 11.5 Å². The second-order valence-electron chi connectivity index (χ2n) is 4.55. The van der Waals surface area contributed by atoms with Crippen molar-refractivity contribution in [1.29, 1.82) is 0 Å². The van der Waals surface area contributed by atoms with Gasteiger partial charge in [-0.1, -0.05) is 24.3 Å². The molecule has 106 valence electrons. The molecule has 0 fully saturated rings. The monoisotopic (exact) mass is 282 g/mol. The van der Waals surface area contributed by atoms with E-state index in [1.165, 1.54) is 0 Å². The van der Waals surface area contributed by atoms with Crippen LogP contribution in [0.25, 0.3) is 10.8 Å². The van der Waals surface area contributed by atoms with Crippen molar-refractivity contribution in [2.45, 2.75) is 6.54 Å². The van der Waals surface area contributed by atoms with Gasteiger partial charge < -0.3 is 10.4 Å². The first-order valence-corrected chi connectivity index (χ1v) is 6.56. The number of rotatable bonds is 4. The Balaban J connectivity index is 1.86. The van der Waals surface area contributed by atoms with Gasteiger partial charge in [0.2, 0.25) is 0 Å². The van der Waals surface area contributed by atoms with E-state index in [1.54, 1.807) is 23.3 Å². The van der Waals surface area contributed by atoms with Crippen molar-refractivity contribution in [2.24, 2.45) is 0 Å². The summed E-state index contributed by atoms with van der Waals surface area (Å²) in [5.41, 5.74) is 0.950. The van der Waals surface area contributed by atoms with E-state index in [0.29, 0.717) is 17.9 Å². The van der Waals surface area contributed by atoms with Crippen LogP contribution < -0.4 is 5.32 Å². The Kier molecular flexibility index (Phi) is 3.61. The molecule has 1 amide bonds. The van der Waals surface area contributed by atoms with Crippen LogP contribution in [0.15, 0.2) is 48.9 Å². The van der Waals surface area contributed by atoms with Gasteiger partial charge in [-0.3, -0.25) is 14.5 Å². The minimum Gasteiger partial charge on any atom is -0.394 e. The summed E-state index contributed by atoms with van der Waals surface area (Å²) in [6, 6.07) is 9.47. The minimum absolute atomic E-state index is 0.0000547. The molecule has 3 rings (SSSR count). The molecule has 0 saturated heterocycles. The van der Waals surface area contributed by atoms with E-state index in [2.05, 4.69) is 15.4 Å². The molecular weight excluding hydrogens is 268 g/mol. The molecular formula is C15H14N4O2. The zero-order valence-electron chi connectivity index (χ0n) is 11.2. The van der Waals surface area contributed by atoms with E-state index >= 15 is 0 Å². The van der Waals surface area contributed by atoms with Crippen molar-refractivity contribution >= 4 is 22.4 Å². The SMILES string of the molecule is O=C(Nc1cnn(CCO)c1)c1nccc2ccccc12. The number of aromatic nitrogens is 3. The lowest BCUT2D eigenvalue weighted by Crippen LogP contribution is -2.13. The van der Waals surface area contributed by atoms with Crippen LogP contribution in [-0.2, 0) is 6.54 Å². The van der Waals surface area contributed by atoms with Gasteiger partial charge in [0.15, 0.2) is 0 Å². The number of fused-ring (bicyclic) bond motifs is 1. The van der Waals surface area contributed by atoms with E-state index < -0.39 is 0 Å². The quantitative estimate of drug-likeness (QED) is 0.763. The lowest BCUT2D eigenvalue weighted by Gasteiger charge is -2.05. The summed E-state index contributed by atoms with van der Waals surface area (Å²) in [5, 5.41) is 17.4. The first-order valence-electron chi connectivity index (χ1n) is 6.56. The summed E-state index contributed by atoms with van der Waals surface area (Å²) in [6.07, 6.45) is 4.82. The number of nitrogens with zero attached hydrogens (tertiary/aromatic N) is 3. The first kappa shape index (κ1) is 13.3. The highest BCUT2D eigenvalue weighted by atomic mass is 16.3. The third kappa shape index (κ3) is 2.75. The Morgan fingerprint density at radius 3 is 3.00 bits per heavy atom. The van der Waals surface area contributed by atoms with Gasteiger partial charge in [-0.2, -0.15) is 5.10 Å². The third-order valence-corrected chi connectivity index (χ3v) is 3.11. The molecule has 2 aromatic heterocycles. The number of hydrogen-bond donors (Lipinski definition) is 2. The second kappa shape index (κ2) is 5.72. The van der Waals surface area contributed by atoms with Gasteiger partial charge in [0.05, 0.1) is 25.0 Å². The largest absolute Gasteiger partial charge is 0.394 e. The van der Waals surface area contributed by atoms with Crippen LogP contribution in [-0.4, -0.2) is 32.4 Å². The molecule has 0 spiro atoms. The van der Waals surface area contributed by atoms with Crippen LogP contribution in [0.4, 0.5) is 5.69 Å². The van der Waals surface area contributed by atoms with Crippen molar-refractivity contribution in [1.82, 2.24) is 14.8 Å².